The molecule has 0 aliphatic carbocycles. The van der Waals surface area contributed by atoms with Gasteiger partial charge in [-0.2, -0.15) is 0 Å². The van der Waals surface area contributed by atoms with E-state index in [9.17, 15) is 4.79 Å². The van der Waals surface area contributed by atoms with Gasteiger partial charge in [0.2, 0.25) is 0 Å². The second-order valence-corrected chi connectivity index (χ2v) is 4.95. The Morgan fingerprint density at radius 1 is 1.00 bits per heavy atom. The number of hydrogen-bond acceptors (Lipinski definition) is 1. The molecule has 1 heterocycles. The van der Waals surface area contributed by atoms with Crippen molar-refractivity contribution in [3.8, 4) is 0 Å². The maximum atomic E-state index is 12.0. The highest BCUT2D eigenvalue weighted by molar-refractivity contribution is 6.31. The number of benzene rings is 2. The number of fused-ring (bicyclic) bond motifs is 1. The topological polar surface area (TPSA) is 32.9 Å². The zero-order valence-corrected chi connectivity index (χ0v) is 10.9. The highest BCUT2D eigenvalue weighted by Gasteiger charge is 2.04. The molecule has 0 atom stereocenters. The van der Waals surface area contributed by atoms with E-state index in [0.717, 1.165) is 22.0 Å². The summed E-state index contributed by atoms with van der Waals surface area (Å²) >= 11 is 5.98. The number of halogens is 1. The first-order valence-corrected chi connectivity index (χ1v) is 6.45. The number of rotatable bonds is 2. The van der Waals surface area contributed by atoms with Crippen LogP contribution in [0.1, 0.15) is 11.1 Å². The molecule has 0 fully saturated rings. The third kappa shape index (κ3) is 2.54. The van der Waals surface area contributed by atoms with Crippen molar-refractivity contribution in [1.29, 1.82) is 0 Å². The van der Waals surface area contributed by atoms with Gasteiger partial charge in [0.15, 0.2) is 0 Å². The average molecular weight is 270 g/mol. The Bertz CT molecular complexity index is 778. The van der Waals surface area contributed by atoms with E-state index in [2.05, 4.69) is 4.98 Å². The Morgan fingerprint density at radius 3 is 2.58 bits per heavy atom. The summed E-state index contributed by atoms with van der Waals surface area (Å²) in [5.74, 6) is 0. The largest absolute Gasteiger partial charge is 0.322 e. The van der Waals surface area contributed by atoms with Crippen LogP contribution < -0.4 is 5.56 Å². The van der Waals surface area contributed by atoms with Gasteiger partial charge in [0, 0.05) is 22.5 Å². The van der Waals surface area contributed by atoms with Crippen LogP contribution in [0.5, 0.6) is 0 Å². The van der Waals surface area contributed by atoms with E-state index >= 15 is 0 Å². The molecular formula is C16H12ClNO. The van der Waals surface area contributed by atoms with Gasteiger partial charge in [-0.05, 0) is 35.2 Å². The van der Waals surface area contributed by atoms with Gasteiger partial charge in [0.05, 0.1) is 0 Å². The van der Waals surface area contributed by atoms with Crippen molar-refractivity contribution in [1.82, 2.24) is 4.98 Å². The van der Waals surface area contributed by atoms with Gasteiger partial charge >= 0.3 is 0 Å². The van der Waals surface area contributed by atoms with Crippen LogP contribution in [0.3, 0.4) is 0 Å². The van der Waals surface area contributed by atoms with Crippen LogP contribution in [0.15, 0.2) is 59.4 Å². The van der Waals surface area contributed by atoms with Crippen LogP contribution in [0.2, 0.25) is 5.02 Å². The molecule has 2 aromatic carbocycles. The monoisotopic (exact) mass is 269 g/mol. The zero-order valence-electron chi connectivity index (χ0n) is 10.2. The fraction of sp³-hybridized carbons (Fsp3) is 0.0625. The first kappa shape index (κ1) is 12.0. The predicted molar refractivity (Wildman–Crippen MR) is 78.8 cm³/mol. The average Bonchev–Trinajstić information content (AvgIpc) is 2.41. The van der Waals surface area contributed by atoms with Crippen LogP contribution in [-0.4, -0.2) is 4.98 Å². The smallest absolute Gasteiger partial charge is 0.251 e. The lowest BCUT2D eigenvalue weighted by Gasteiger charge is -2.04. The first-order chi connectivity index (χ1) is 9.22. The Morgan fingerprint density at radius 2 is 1.79 bits per heavy atom. The van der Waals surface area contributed by atoms with E-state index in [1.54, 1.807) is 6.07 Å². The van der Waals surface area contributed by atoms with Crippen molar-refractivity contribution in [2.75, 3.05) is 0 Å². The van der Waals surface area contributed by atoms with E-state index in [1.807, 2.05) is 48.5 Å². The molecule has 3 heteroatoms. The maximum absolute atomic E-state index is 12.0. The van der Waals surface area contributed by atoms with Crippen LogP contribution in [0, 0.1) is 0 Å². The third-order valence-corrected chi connectivity index (χ3v) is 3.36. The molecule has 19 heavy (non-hydrogen) atoms. The fourth-order valence-electron chi connectivity index (χ4n) is 2.17. The van der Waals surface area contributed by atoms with Crippen molar-refractivity contribution in [3.05, 3.63) is 81.1 Å². The number of hydrogen-bond donors (Lipinski definition) is 1. The van der Waals surface area contributed by atoms with Crippen molar-refractivity contribution in [3.63, 3.8) is 0 Å². The predicted octanol–water partition coefficient (Wildman–Crippen LogP) is 3.77. The molecular weight excluding hydrogens is 258 g/mol. The van der Waals surface area contributed by atoms with Crippen molar-refractivity contribution in [2.45, 2.75) is 6.42 Å². The molecule has 0 radical (unpaired) electrons. The maximum Gasteiger partial charge on any atom is 0.251 e. The van der Waals surface area contributed by atoms with Crippen LogP contribution in [-0.2, 0) is 6.42 Å². The zero-order chi connectivity index (χ0) is 13.2. The lowest BCUT2D eigenvalue weighted by Crippen LogP contribution is -2.12. The van der Waals surface area contributed by atoms with Crippen LogP contribution in [0.25, 0.3) is 10.9 Å². The molecule has 94 valence electrons. The molecule has 0 unspecified atom stereocenters. The summed E-state index contributed by atoms with van der Waals surface area (Å²) in [6.07, 6.45) is 0.624. The van der Waals surface area contributed by atoms with E-state index in [0.29, 0.717) is 11.4 Å². The summed E-state index contributed by atoms with van der Waals surface area (Å²) in [6, 6.07) is 17.3. The summed E-state index contributed by atoms with van der Waals surface area (Å²) in [5, 5.41) is 1.63. The summed E-state index contributed by atoms with van der Waals surface area (Å²) in [7, 11) is 0. The lowest BCUT2D eigenvalue weighted by atomic mass is 10.0. The van der Waals surface area contributed by atoms with Crippen molar-refractivity contribution < 1.29 is 0 Å². The molecule has 1 N–H and O–H groups in total. The number of nitrogens with one attached hydrogen (secondary N) is 1. The molecule has 1 aromatic heterocycles. The molecule has 0 saturated carbocycles. The Labute approximate surface area is 115 Å². The quantitative estimate of drug-likeness (QED) is 0.755. The van der Waals surface area contributed by atoms with Gasteiger partial charge in [-0.3, -0.25) is 4.79 Å². The Kier molecular flexibility index (Phi) is 3.10. The molecule has 0 bridgehead atoms. The number of H-pyrrole nitrogens is 1. The SMILES string of the molecule is O=c1[nH]c2ccc(Cl)cc2cc1Cc1ccccc1. The van der Waals surface area contributed by atoms with Crippen LogP contribution in [0.4, 0.5) is 0 Å². The molecule has 0 aliphatic heterocycles. The lowest BCUT2D eigenvalue weighted by molar-refractivity contribution is 1.12. The molecule has 0 aliphatic rings. The fourth-order valence-corrected chi connectivity index (χ4v) is 2.35. The minimum atomic E-state index is -0.0429. The second kappa shape index (κ2) is 4.90. The molecule has 0 spiro atoms. The number of aromatic amines is 1. The molecule has 0 saturated heterocycles. The summed E-state index contributed by atoms with van der Waals surface area (Å²) < 4.78 is 0. The highest BCUT2D eigenvalue weighted by Crippen LogP contribution is 2.18. The number of pyridine rings is 1. The molecule has 3 rings (SSSR count). The van der Waals surface area contributed by atoms with Gasteiger partial charge in [0.25, 0.3) is 5.56 Å². The van der Waals surface area contributed by atoms with Crippen LogP contribution >= 0.6 is 11.6 Å². The minimum Gasteiger partial charge on any atom is -0.322 e. The normalized spacial score (nSPS) is 10.8. The molecule has 2 nitrogen and oxygen atoms in total. The minimum absolute atomic E-state index is 0.0429. The van der Waals surface area contributed by atoms with Crippen molar-refractivity contribution in [2.24, 2.45) is 0 Å². The third-order valence-electron chi connectivity index (χ3n) is 3.12. The van der Waals surface area contributed by atoms with E-state index in [4.69, 9.17) is 11.6 Å². The van der Waals surface area contributed by atoms with Gasteiger partial charge in [-0.15, -0.1) is 0 Å². The molecule has 3 aromatic rings. The van der Waals surface area contributed by atoms with Gasteiger partial charge < -0.3 is 4.98 Å². The van der Waals surface area contributed by atoms with Crippen molar-refractivity contribution >= 4 is 22.5 Å². The van der Waals surface area contributed by atoms with E-state index in [-0.39, 0.29) is 5.56 Å². The number of aromatic nitrogens is 1. The second-order valence-electron chi connectivity index (χ2n) is 4.52. The standard InChI is InChI=1S/C16H12ClNO/c17-14-6-7-15-12(10-14)9-13(16(19)18-15)8-11-4-2-1-3-5-11/h1-7,9-10H,8H2,(H,18,19). The van der Waals surface area contributed by atoms with E-state index in [1.165, 1.54) is 0 Å². The van der Waals surface area contributed by atoms with Gasteiger partial charge in [-0.25, -0.2) is 0 Å². The highest BCUT2D eigenvalue weighted by atomic mass is 35.5. The van der Waals surface area contributed by atoms with Gasteiger partial charge in [0.1, 0.15) is 0 Å². The summed E-state index contributed by atoms with van der Waals surface area (Å²) in [4.78, 5) is 14.9. The molecule has 0 amide bonds. The van der Waals surface area contributed by atoms with E-state index < -0.39 is 0 Å². The summed E-state index contributed by atoms with van der Waals surface area (Å²) in [6.45, 7) is 0. The Hall–Kier alpha value is -2.06. The van der Waals surface area contributed by atoms with Gasteiger partial charge in [-0.1, -0.05) is 41.9 Å². The Balaban J connectivity index is 2.08. The first-order valence-electron chi connectivity index (χ1n) is 6.08. The summed E-state index contributed by atoms with van der Waals surface area (Å²) in [5.41, 5.74) is 2.64.